The maximum absolute atomic E-state index is 13.4. The first-order valence-corrected chi connectivity index (χ1v) is 12.0. The van der Waals surface area contributed by atoms with Crippen molar-refractivity contribution in [1.82, 2.24) is 10.6 Å². The minimum atomic E-state index is -0.328. The van der Waals surface area contributed by atoms with Crippen LogP contribution in [0, 0.1) is 19.7 Å². The molecule has 3 aromatic rings. The van der Waals surface area contributed by atoms with Gasteiger partial charge in [-0.1, -0.05) is 36.2 Å². The molecule has 1 aromatic heterocycles. The molecular formula is C27H32FN3O3. The van der Waals surface area contributed by atoms with Gasteiger partial charge in [0.1, 0.15) is 11.6 Å². The van der Waals surface area contributed by atoms with Crippen molar-refractivity contribution in [2.75, 3.05) is 18.0 Å². The Balaban J connectivity index is 1.49. The van der Waals surface area contributed by atoms with Crippen LogP contribution < -0.4 is 10.4 Å². The van der Waals surface area contributed by atoms with Crippen LogP contribution in [0.25, 0.3) is 11.1 Å². The highest BCUT2D eigenvalue weighted by atomic mass is 19.1. The van der Waals surface area contributed by atoms with Crippen molar-refractivity contribution < 1.29 is 18.9 Å². The fraction of sp³-hybridized carbons (Fsp3) is 0.407. The highest BCUT2D eigenvalue weighted by Gasteiger charge is 2.29. The van der Waals surface area contributed by atoms with Crippen LogP contribution in [0.1, 0.15) is 60.6 Å². The molecule has 0 fully saturated rings. The number of nitrogens with one attached hydrogen (secondary N) is 1. The Labute approximate surface area is 199 Å². The van der Waals surface area contributed by atoms with E-state index in [0.29, 0.717) is 12.3 Å². The standard InChI is InChI=1S/C27H32FN3O3/c1-18-27(19(2)34-30-18)21-10-13-25-24(16-21)22(15-20-8-11-23(28)12-9-20)17-31(25)14-6-4-3-5-7-26(32)29-33/h8-13,16,22,33H,3-7,14-15,17H2,1-2H3,(H,29,32). The molecule has 34 heavy (non-hydrogen) atoms. The lowest BCUT2D eigenvalue weighted by Crippen LogP contribution is -2.23. The van der Waals surface area contributed by atoms with Crippen LogP contribution in [-0.2, 0) is 11.2 Å². The Morgan fingerprint density at radius 2 is 1.91 bits per heavy atom. The van der Waals surface area contributed by atoms with Gasteiger partial charge in [-0.2, -0.15) is 0 Å². The van der Waals surface area contributed by atoms with Crippen molar-refractivity contribution in [3.8, 4) is 11.1 Å². The van der Waals surface area contributed by atoms with Crippen LogP contribution >= 0.6 is 0 Å². The van der Waals surface area contributed by atoms with Gasteiger partial charge in [-0.15, -0.1) is 0 Å². The van der Waals surface area contributed by atoms with Gasteiger partial charge in [0, 0.05) is 36.7 Å². The van der Waals surface area contributed by atoms with E-state index in [1.807, 2.05) is 26.0 Å². The smallest absolute Gasteiger partial charge is 0.243 e. The fourth-order valence-electron chi connectivity index (χ4n) is 4.97. The fourth-order valence-corrected chi connectivity index (χ4v) is 4.97. The molecule has 6 nitrogen and oxygen atoms in total. The number of aromatic nitrogens is 1. The summed E-state index contributed by atoms with van der Waals surface area (Å²) < 4.78 is 18.8. The molecule has 1 aliphatic heterocycles. The number of aryl methyl sites for hydroxylation is 2. The van der Waals surface area contributed by atoms with Crippen molar-refractivity contribution in [3.63, 3.8) is 0 Å². The van der Waals surface area contributed by atoms with Gasteiger partial charge < -0.3 is 9.42 Å². The van der Waals surface area contributed by atoms with Gasteiger partial charge in [0.2, 0.25) is 5.91 Å². The number of carbonyl (C=O) groups excluding carboxylic acids is 1. The summed E-state index contributed by atoms with van der Waals surface area (Å²) in [6, 6.07) is 13.4. The SMILES string of the molecule is Cc1noc(C)c1-c1ccc2c(c1)C(Cc1ccc(F)cc1)CN2CCCCCCC(=O)NO. The number of carbonyl (C=O) groups is 1. The summed E-state index contributed by atoms with van der Waals surface area (Å²) in [5.41, 5.74) is 8.42. The third kappa shape index (κ3) is 5.47. The first-order valence-electron chi connectivity index (χ1n) is 12.0. The van der Waals surface area contributed by atoms with Crippen LogP contribution in [-0.4, -0.2) is 29.4 Å². The zero-order chi connectivity index (χ0) is 24.1. The molecule has 0 spiro atoms. The lowest BCUT2D eigenvalue weighted by atomic mass is 9.91. The minimum absolute atomic E-state index is 0.214. The zero-order valence-electron chi connectivity index (χ0n) is 19.8. The summed E-state index contributed by atoms with van der Waals surface area (Å²) in [5.74, 6) is 0.590. The summed E-state index contributed by atoms with van der Waals surface area (Å²) in [4.78, 5) is 13.6. The van der Waals surface area contributed by atoms with E-state index in [1.54, 1.807) is 5.48 Å². The number of hydrogen-bond acceptors (Lipinski definition) is 5. The van der Waals surface area contributed by atoms with Crippen molar-refractivity contribution in [2.24, 2.45) is 0 Å². The van der Waals surface area contributed by atoms with E-state index in [9.17, 15) is 9.18 Å². The van der Waals surface area contributed by atoms with Gasteiger partial charge in [0.05, 0.1) is 5.69 Å². The third-order valence-corrected chi connectivity index (χ3v) is 6.67. The van der Waals surface area contributed by atoms with E-state index in [4.69, 9.17) is 9.73 Å². The van der Waals surface area contributed by atoms with Crippen molar-refractivity contribution in [2.45, 2.75) is 58.3 Å². The monoisotopic (exact) mass is 465 g/mol. The maximum Gasteiger partial charge on any atom is 0.243 e. The van der Waals surface area contributed by atoms with Crippen LogP contribution in [0.15, 0.2) is 47.0 Å². The predicted octanol–water partition coefficient (Wildman–Crippen LogP) is 5.70. The Kier molecular flexibility index (Phi) is 7.63. The molecule has 0 saturated carbocycles. The Hall–Kier alpha value is -3.19. The van der Waals surface area contributed by atoms with Gasteiger partial charge in [-0.3, -0.25) is 10.0 Å². The average molecular weight is 466 g/mol. The quantitative estimate of drug-likeness (QED) is 0.228. The second kappa shape index (κ2) is 10.8. The first-order chi connectivity index (χ1) is 16.5. The molecule has 0 aliphatic carbocycles. The van der Waals surface area contributed by atoms with Gasteiger partial charge >= 0.3 is 0 Å². The number of amides is 1. The number of nitrogens with zero attached hydrogens (tertiary/aromatic N) is 2. The lowest BCUT2D eigenvalue weighted by Gasteiger charge is -2.20. The summed E-state index contributed by atoms with van der Waals surface area (Å²) in [5, 5.41) is 12.7. The van der Waals surface area contributed by atoms with Crippen molar-refractivity contribution in [3.05, 3.63) is 70.9 Å². The highest BCUT2D eigenvalue weighted by molar-refractivity contribution is 5.74. The average Bonchev–Trinajstić information content (AvgIpc) is 3.35. The van der Waals surface area contributed by atoms with E-state index in [0.717, 1.165) is 73.3 Å². The molecule has 7 heteroatoms. The van der Waals surface area contributed by atoms with Crippen molar-refractivity contribution >= 4 is 11.6 Å². The van der Waals surface area contributed by atoms with Gasteiger partial charge in [0.25, 0.3) is 0 Å². The van der Waals surface area contributed by atoms with Crippen LogP contribution in [0.5, 0.6) is 0 Å². The lowest BCUT2D eigenvalue weighted by molar-refractivity contribution is -0.129. The van der Waals surface area contributed by atoms with E-state index < -0.39 is 0 Å². The second-order valence-electron chi connectivity index (χ2n) is 9.15. The molecule has 4 rings (SSSR count). The molecule has 0 radical (unpaired) electrons. The first kappa shape index (κ1) is 24.0. The third-order valence-electron chi connectivity index (χ3n) is 6.67. The van der Waals surface area contributed by atoms with Gasteiger partial charge in [-0.25, -0.2) is 9.87 Å². The number of anilines is 1. The Morgan fingerprint density at radius 1 is 1.15 bits per heavy atom. The highest BCUT2D eigenvalue weighted by Crippen LogP contribution is 2.41. The largest absolute Gasteiger partial charge is 0.371 e. The normalized spacial score (nSPS) is 14.9. The number of fused-ring (bicyclic) bond motifs is 1. The molecule has 2 aromatic carbocycles. The zero-order valence-corrected chi connectivity index (χ0v) is 19.8. The Bertz CT molecular complexity index is 1110. The molecule has 1 unspecified atom stereocenters. The van der Waals surface area contributed by atoms with Crippen LogP contribution in [0.3, 0.4) is 0 Å². The number of rotatable bonds is 10. The molecule has 2 N–H and O–H groups in total. The number of hydroxylamine groups is 1. The number of hydrogen-bond donors (Lipinski definition) is 2. The molecule has 1 aliphatic rings. The number of halogens is 1. The van der Waals surface area contributed by atoms with E-state index in [1.165, 1.54) is 23.4 Å². The van der Waals surface area contributed by atoms with Crippen molar-refractivity contribution in [1.29, 1.82) is 0 Å². The summed E-state index contributed by atoms with van der Waals surface area (Å²) in [6.07, 6.45) is 5.01. The predicted molar refractivity (Wildman–Crippen MR) is 129 cm³/mol. The molecule has 0 saturated heterocycles. The van der Waals surface area contributed by atoms with Crippen LogP contribution in [0.4, 0.5) is 10.1 Å². The maximum atomic E-state index is 13.4. The van der Waals surface area contributed by atoms with Gasteiger partial charge in [-0.05, 0) is 74.1 Å². The summed E-state index contributed by atoms with van der Waals surface area (Å²) in [7, 11) is 0. The second-order valence-corrected chi connectivity index (χ2v) is 9.15. The summed E-state index contributed by atoms with van der Waals surface area (Å²) >= 11 is 0. The van der Waals surface area contributed by atoms with Crippen LogP contribution in [0.2, 0.25) is 0 Å². The van der Waals surface area contributed by atoms with Gasteiger partial charge in [0.15, 0.2) is 0 Å². The topological polar surface area (TPSA) is 78.6 Å². The molecule has 1 amide bonds. The number of benzene rings is 2. The van der Waals surface area contributed by atoms with E-state index >= 15 is 0 Å². The molecule has 0 bridgehead atoms. The number of unbranched alkanes of at least 4 members (excludes halogenated alkanes) is 3. The minimum Gasteiger partial charge on any atom is -0.371 e. The Morgan fingerprint density at radius 3 is 2.62 bits per heavy atom. The molecule has 1 atom stereocenters. The van der Waals surface area contributed by atoms with E-state index in [-0.39, 0.29) is 11.7 Å². The summed E-state index contributed by atoms with van der Waals surface area (Å²) in [6.45, 7) is 5.77. The molecular weight excluding hydrogens is 433 g/mol. The molecule has 2 heterocycles. The molecule has 180 valence electrons. The van der Waals surface area contributed by atoms with E-state index in [2.05, 4.69) is 28.3 Å².